The fourth-order valence-corrected chi connectivity index (χ4v) is 0. The van der Waals surface area contributed by atoms with Crippen LogP contribution in [0.3, 0.4) is 0 Å². The van der Waals surface area contributed by atoms with Gasteiger partial charge in [-0.3, -0.25) is 0 Å². The van der Waals surface area contributed by atoms with Crippen LogP contribution in [0.2, 0.25) is 0 Å². The first kappa shape index (κ1) is 9.73. The van der Waals surface area contributed by atoms with Crippen LogP contribution in [-0.2, 0) is 14.1 Å². The third-order valence-corrected chi connectivity index (χ3v) is 0. The van der Waals surface area contributed by atoms with E-state index in [2.05, 4.69) is 14.1 Å². The van der Waals surface area contributed by atoms with Gasteiger partial charge in [-0.2, -0.15) is 0 Å². The molecule has 0 saturated carbocycles. The van der Waals surface area contributed by atoms with E-state index in [0.717, 1.165) is 0 Å². The summed E-state index contributed by atoms with van der Waals surface area (Å²) >= 11 is 3.99. The van der Waals surface area contributed by atoms with Crippen molar-refractivity contribution in [2.75, 3.05) is 0 Å². The second kappa shape index (κ2) is 9.11. The molecule has 0 aliphatic rings. The topological polar surface area (TPSA) is 0 Å². The zero-order valence-corrected chi connectivity index (χ0v) is 6.58. The third kappa shape index (κ3) is 8.82. The molecule has 4 heavy (non-hydrogen) atoms. The van der Waals surface area contributed by atoms with Gasteiger partial charge in [0, 0.05) is 0 Å². The molecule has 0 bridgehead atoms. The zero-order chi connectivity index (χ0) is 2.71. The Hall–Kier alpha value is 2.53. The van der Waals surface area contributed by atoms with E-state index in [-0.39, 0.29) is 37.7 Å². The maximum atomic E-state index is 3.69. The van der Waals surface area contributed by atoms with Crippen molar-refractivity contribution in [3.05, 3.63) is 0 Å². The van der Waals surface area contributed by atoms with Gasteiger partial charge in [-0.1, -0.05) is 0 Å². The van der Waals surface area contributed by atoms with Crippen LogP contribution in [0.25, 0.3) is 0 Å². The van der Waals surface area contributed by atoms with Gasteiger partial charge in [-0.15, -0.1) is 0 Å². The fourth-order valence-electron chi connectivity index (χ4n) is 0. The molecule has 0 aliphatic carbocycles. The van der Waals surface area contributed by atoms with Crippen LogP contribution >= 0.6 is 0 Å². The first-order valence-corrected chi connectivity index (χ1v) is 9.46. The van der Waals surface area contributed by atoms with Gasteiger partial charge < -0.3 is 0 Å². The van der Waals surface area contributed by atoms with E-state index in [9.17, 15) is 0 Å². The predicted octanol–water partition coefficient (Wildman–Crippen LogP) is -2.75. The van der Waals surface area contributed by atoms with Crippen LogP contribution in [0, 0.1) is 0 Å². The average molecular weight is 157 g/mol. The zero-order valence-electron chi connectivity index (χ0n) is 2.06. The van der Waals surface area contributed by atoms with E-state index < -0.39 is 0 Å². The van der Waals surface area contributed by atoms with Crippen LogP contribution in [0.1, 0.15) is 0 Å². The Morgan fingerprint density at radius 3 is 1.75 bits per heavy atom. The van der Waals surface area contributed by atoms with Crippen LogP contribution < -0.4 is 0 Å². The Bertz CT molecular complexity index is 8.00. The molecule has 0 aliphatic heterocycles. The molecule has 0 fully saturated rings. The summed E-state index contributed by atoms with van der Waals surface area (Å²) in [5.41, 5.74) is 0. The van der Waals surface area contributed by atoms with E-state index in [1.54, 1.807) is 0 Å². The first-order valence-electron chi connectivity index (χ1n) is 0.957. The van der Waals surface area contributed by atoms with Gasteiger partial charge in [0.2, 0.25) is 0 Å². The minimum absolute atomic E-state index is 0. The molecule has 4 heteroatoms. The summed E-state index contributed by atoms with van der Waals surface area (Å²) < 4.78 is 0. The maximum absolute atomic E-state index is 3.69. The molecule has 0 radical (unpaired) electrons. The Kier molecular flexibility index (Phi) is 22.2. The molecule has 0 saturated heterocycles. The Morgan fingerprint density at radius 2 is 1.75 bits per heavy atom. The molecular weight excluding hydrogens is 151 g/mol. The Balaban J connectivity index is 0. The molecule has 0 atom stereocenters. The van der Waals surface area contributed by atoms with Crippen molar-refractivity contribution in [3.63, 3.8) is 0 Å². The molecule has 0 spiro atoms. The monoisotopic (exact) mass is 157 g/mol. The molecule has 0 amide bonds. The van der Waals surface area contributed by atoms with Gasteiger partial charge in [-0.25, -0.2) is 0 Å². The molecular formula is H6AlCaFeSi. The molecule has 0 rings (SSSR count). The average Bonchev–Trinajstić information content (AvgIpc) is 0.918. The molecule has 23 valence electrons. The number of rotatable bonds is 0. The molecule has 0 aromatic heterocycles. The molecule has 0 N–H and O–H groups in total. The summed E-state index contributed by atoms with van der Waals surface area (Å²) in [6.45, 7) is 0. The molecule has 0 unspecified atom stereocenters. The van der Waals surface area contributed by atoms with Crippen molar-refractivity contribution in [2.45, 2.75) is 0 Å². The second-order valence-electron chi connectivity index (χ2n) is 0.250. The van der Waals surface area contributed by atoms with Crippen molar-refractivity contribution in [2.24, 2.45) is 0 Å². The van der Waals surface area contributed by atoms with Gasteiger partial charge in [0.15, 0.2) is 0 Å². The van der Waals surface area contributed by atoms with E-state index in [0.29, 0.717) is 12.7 Å². The minimum atomic E-state index is 0. The summed E-state index contributed by atoms with van der Waals surface area (Å²) in [5.74, 6) is 0. The standard InChI is InChI=1S/Al.Ca.Fe.H3Si.3H/h;;;1H3;;;. The number of hydrogen-bond donors (Lipinski definition) is 0. The SMILES string of the molecule is [CaH2].[SiH3][AlH][Fe]. The molecule has 0 heterocycles. The second-order valence-corrected chi connectivity index (χ2v) is 9.28. The van der Waals surface area contributed by atoms with Crippen LogP contribution in [0.15, 0.2) is 0 Å². The van der Waals surface area contributed by atoms with Crippen molar-refractivity contribution in [1.82, 2.24) is 0 Å². The van der Waals surface area contributed by atoms with Gasteiger partial charge in [0.25, 0.3) is 0 Å². The van der Waals surface area contributed by atoms with Gasteiger partial charge in [0.05, 0.1) is 0 Å². The van der Waals surface area contributed by atoms with E-state index in [1.807, 2.05) is 0 Å². The van der Waals surface area contributed by atoms with Crippen molar-refractivity contribution in [3.8, 4) is 0 Å². The van der Waals surface area contributed by atoms with E-state index >= 15 is 0 Å². The van der Waals surface area contributed by atoms with Gasteiger partial charge in [-0.05, 0) is 0 Å². The van der Waals surface area contributed by atoms with Crippen LogP contribution in [0.4, 0.5) is 0 Å². The summed E-state index contributed by atoms with van der Waals surface area (Å²) in [5, 5.41) is 0. The summed E-state index contributed by atoms with van der Waals surface area (Å²) in [4.78, 5) is 0. The van der Waals surface area contributed by atoms with Crippen LogP contribution in [-0.4, -0.2) is 59.3 Å². The summed E-state index contributed by atoms with van der Waals surface area (Å²) in [6, 6.07) is 0. The van der Waals surface area contributed by atoms with Gasteiger partial charge in [0.1, 0.15) is 0 Å². The Morgan fingerprint density at radius 1 is 1.75 bits per heavy atom. The predicted molar refractivity (Wildman–Crippen MR) is 25.6 cm³/mol. The van der Waals surface area contributed by atoms with Crippen molar-refractivity contribution >= 4 is 59.3 Å². The first-order chi connectivity index (χ1) is 1.41. The van der Waals surface area contributed by atoms with E-state index in [1.165, 1.54) is 8.80 Å². The number of hydrogen-bond acceptors (Lipinski definition) is 0. The summed E-state index contributed by atoms with van der Waals surface area (Å²) in [6.07, 6.45) is 0. The molecule has 0 nitrogen and oxygen atoms in total. The van der Waals surface area contributed by atoms with Crippen molar-refractivity contribution < 1.29 is 14.1 Å². The summed E-state index contributed by atoms with van der Waals surface area (Å²) in [7, 11) is 1.40. The normalized spacial score (nSPS) is 4.25. The Labute approximate surface area is 72.0 Å². The van der Waals surface area contributed by atoms with Crippen molar-refractivity contribution in [1.29, 1.82) is 0 Å². The molecule has 0 aromatic rings. The quantitative estimate of drug-likeness (QED) is 0.334. The van der Waals surface area contributed by atoms with E-state index in [4.69, 9.17) is 0 Å². The van der Waals surface area contributed by atoms with Crippen LogP contribution in [0.5, 0.6) is 0 Å². The molecule has 0 aromatic carbocycles. The fraction of sp³-hybridized carbons (Fsp3) is 0. The third-order valence-electron chi connectivity index (χ3n) is 0. The van der Waals surface area contributed by atoms with Gasteiger partial charge >= 0.3 is 73.4 Å².